The van der Waals surface area contributed by atoms with Crippen molar-refractivity contribution in [3.63, 3.8) is 0 Å². The Morgan fingerprint density at radius 2 is 1.31 bits per heavy atom. The summed E-state index contributed by atoms with van der Waals surface area (Å²) in [7, 11) is 0. The van der Waals surface area contributed by atoms with Crippen LogP contribution in [0.25, 0.3) is 0 Å². The average Bonchev–Trinajstić information content (AvgIpc) is 2.73. The van der Waals surface area contributed by atoms with Gasteiger partial charge < -0.3 is 9.80 Å². The van der Waals surface area contributed by atoms with Crippen LogP contribution in [-0.2, 0) is 12.8 Å². The number of anilines is 4. The van der Waals surface area contributed by atoms with Crippen LogP contribution < -0.4 is 9.80 Å². The lowest BCUT2D eigenvalue weighted by Crippen LogP contribution is -2.28. The maximum Gasteiger partial charge on any atom is 0.231 e. The molecule has 0 amide bonds. The second-order valence-corrected chi connectivity index (χ2v) is 6.98. The molecule has 0 saturated carbocycles. The van der Waals surface area contributed by atoms with E-state index in [0.29, 0.717) is 0 Å². The molecule has 2 aliphatic rings. The van der Waals surface area contributed by atoms with Crippen LogP contribution in [0, 0.1) is 0 Å². The maximum atomic E-state index is 4.96. The first-order valence-corrected chi connectivity index (χ1v) is 9.44. The summed E-state index contributed by atoms with van der Waals surface area (Å²) < 4.78 is 0. The Morgan fingerprint density at radius 3 is 2.04 bits per heavy atom. The highest BCUT2D eigenvalue weighted by atomic mass is 15.3. The molecular weight excluding hydrogens is 320 g/mol. The maximum absolute atomic E-state index is 4.96. The number of nitrogens with zero attached hydrogens (tertiary/aromatic N) is 4. The molecule has 0 bridgehead atoms. The predicted octanol–water partition coefficient (Wildman–Crippen LogP) is 4.65. The minimum atomic E-state index is 0.803. The summed E-state index contributed by atoms with van der Waals surface area (Å²) in [5, 5.41) is 0. The van der Waals surface area contributed by atoms with Crippen molar-refractivity contribution < 1.29 is 0 Å². The molecular formula is C22H22N4. The Balaban J connectivity index is 1.54. The van der Waals surface area contributed by atoms with Crippen LogP contribution in [-0.4, -0.2) is 23.1 Å². The molecule has 130 valence electrons. The summed E-state index contributed by atoms with van der Waals surface area (Å²) in [5.74, 6) is 1.79. The van der Waals surface area contributed by atoms with Crippen LogP contribution in [0.4, 0.5) is 23.1 Å². The minimum Gasteiger partial charge on any atom is -0.326 e. The summed E-state index contributed by atoms with van der Waals surface area (Å²) in [5.41, 5.74) is 5.32. The smallest absolute Gasteiger partial charge is 0.231 e. The Bertz CT molecular complexity index is 864. The van der Waals surface area contributed by atoms with Crippen molar-refractivity contribution in [3.05, 3.63) is 71.9 Å². The Morgan fingerprint density at radius 1 is 0.692 bits per heavy atom. The van der Waals surface area contributed by atoms with Gasteiger partial charge in [-0.2, -0.15) is 4.98 Å². The molecule has 1 aromatic heterocycles. The van der Waals surface area contributed by atoms with Crippen molar-refractivity contribution in [3.8, 4) is 0 Å². The topological polar surface area (TPSA) is 32.3 Å². The van der Waals surface area contributed by atoms with E-state index in [0.717, 1.165) is 50.5 Å². The highest BCUT2D eigenvalue weighted by Gasteiger charge is 2.23. The van der Waals surface area contributed by atoms with Gasteiger partial charge in [-0.3, -0.25) is 0 Å². The Kier molecular flexibility index (Phi) is 3.81. The standard InChI is InChI=1S/C22H22N4/c1-3-11-19-17(7-1)9-5-15-25(19)21-13-14-23-22(24-21)26-16-6-10-18-8-2-4-12-20(18)26/h1-4,7-8,11-14H,5-6,9-10,15-16H2. The number of hydrogen-bond acceptors (Lipinski definition) is 4. The van der Waals surface area contributed by atoms with Crippen molar-refractivity contribution in [1.29, 1.82) is 0 Å². The first-order chi connectivity index (χ1) is 12.9. The van der Waals surface area contributed by atoms with Gasteiger partial charge in [0, 0.05) is 30.7 Å². The fourth-order valence-corrected chi connectivity index (χ4v) is 4.13. The Hall–Kier alpha value is -2.88. The minimum absolute atomic E-state index is 0.803. The van der Waals surface area contributed by atoms with Crippen molar-refractivity contribution in [2.24, 2.45) is 0 Å². The van der Waals surface area contributed by atoms with Crippen LogP contribution in [0.15, 0.2) is 60.8 Å². The second-order valence-electron chi connectivity index (χ2n) is 6.98. The number of benzene rings is 2. The number of aromatic nitrogens is 2. The molecule has 0 atom stereocenters. The second kappa shape index (κ2) is 6.45. The lowest BCUT2D eigenvalue weighted by molar-refractivity contribution is 0.740. The normalized spacial score (nSPS) is 16.2. The summed E-state index contributed by atoms with van der Waals surface area (Å²) in [6, 6.07) is 19.3. The highest BCUT2D eigenvalue weighted by Crippen LogP contribution is 2.35. The monoisotopic (exact) mass is 342 g/mol. The first kappa shape index (κ1) is 15.4. The van der Waals surface area contributed by atoms with E-state index in [4.69, 9.17) is 4.98 Å². The average molecular weight is 342 g/mol. The van der Waals surface area contributed by atoms with E-state index in [1.165, 1.54) is 22.5 Å². The zero-order valence-electron chi connectivity index (χ0n) is 14.8. The number of hydrogen-bond donors (Lipinski definition) is 0. The SMILES string of the molecule is c1ccc2c(c1)CCCN2c1ccnc(N2CCCc3ccccc32)n1. The van der Waals surface area contributed by atoms with Crippen molar-refractivity contribution in [1.82, 2.24) is 9.97 Å². The first-order valence-electron chi connectivity index (χ1n) is 9.44. The largest absolute Gasteiger partial charge is 0.326 e. The molecule has 26 heavy (non-hydrogen) atoms. The van der Waals surface area contributed by atoms with Gasteiger partial charge in [0.05, 0.1) is 0 Å². The molecule has 0 fully saturated rings. The molecule has 0 unspecified atom stereocenters. The zero-order chi connectivity index (χ0) is 17.3. The molecule has 2 aliphatic heterocycles. The lowest BCUT2D eigenvalue weighted by Gasteiger charge is -2.32. The van der Waals surface area contributed by atoms with Gasteiger partial charge in [-0.25, -0.2) is 4.98 Å². The van der Waals surface area contributed by atoms with Crippen LogP contribution in [0.5, 0.6) is 0 Å². The molecule has 0 aliphatic carbocycles. The molecule has 4 heteroatoms. The molecule has 0 N–H and O–H groups in total. The number of aryl methyl sites for hydroxylation is 2. The third-order valence-corrected chi connectivity index (χ3v) is 5.37. The van der Waals surface area contributed by atoms with E-state index in [1.807, 2.05) is 12.3 Å². The van der Waals surface area contributed by atoms with Gasteiger partial charge in [0.15, 0.2) is 0 Å². The third kappa shape index (κ3) is 2.62. The quantitative estimate of drug-likeness (QED) is 0.679. The summed E-state index contributed by atoms with van der Waals surface area (Å²) >= 11 is 0. The molecule has 0 saturated heterocycles. The van der Waals surface area contributed by atoms with E-state index < -0.39 is 0 Å². The number of fused-ring (bicyclic) bond motifs is 2. The highest BCUT2D eigenvalue weighted by molar-refractivity contribution is 5.68. The van der Waals surface area contributed by atoms with Gasteiger partial charge in [-0.15, -0.1) is 0 Å². The van der Waals surface area contributed by atoms with E-state index in [9.17, 15) is 0 Å². The van der Waals surface area contributed by atoms with Crippen LogP contribution in [0.3, 0.4) is 0 Å². The van der Waals surface area contributed by atoms with Gasteiger partial charge in [0.2, 0.25) is 5.95 Å². The van der Waals surface area contributed by atoms with E-state index in [1.54, 1.807) is 0 Å². The summed E-state index contributed by atoms with van der Waals surface area (Å²) in [6.07, 6.45) is 6.46. The van der Waals surface area contributed by atoms with Crippen LogP contribution >= 0.6 is 0 Å². The van der Waals surface area contributed by atoms with Gasteiger partial charge >= 0.3 is 0 Å². The van der Waals surface area contributed by atoms with Crippen molar-refractivity contribution in [2.45, 2.75) is 25.7 Å². The van der Waals surface area contributed by atoms with Gasteiger partial charge in [0.25, 0.3) is 0 Å². The fraction of sp³-hybridized carbons (Fsp3) is 0.273. The molecule has 3 heterocycles. The molecule has 3 aromatic rings. The molecule has 0 spiro atoms. The lowest BCUT2D eigenvalue weighted by atomic mass is 10.0. The zero-order valence-corrected chi connectivity index (χ0v) is 14.8. The van der Waals surface area contributed by atoms with Gasteiger partial charge in [-0.05, 0) is 55.0 Å². The predicted molar refractivity (Wildman–Crippen MR) is 106 cm³/mol. The van der Waals surface area contributed by atoms with E-state index in [2.05, 4.69) is 63.3 Å². The van der Waals surface area contributed by atoms with Crippen molar-refractivity contribution in [2.75, 3.05) is 22.9 Å². The van der Waals surface area contributed by atoms with Crippen molar-refractivity contribution >= 4 is 23.1 Å². The summed E-state index contributed by atoms with van der Waals surface area (Å²) in [6.45, 7) is 1.97. The molecule has 0 radical (unpaired) electrons. The van der Waals surface area contributed by atoms with E-state index in [-0.39, 0.29) is 0 Å². The third-order valence-electron chi connectivity index (χ3n) is 5.37. The Labute approximate surface area is 154 Å². The van der Waals surface area contributed by atoms with Crippen LogP contribution in [0.2, 0.25) is 0 Å². The van der Waals surface area contributed by atoms with Crippen LogP contribution in [0.1, 0.15) is 24.0 Å². The molecule has 4 nitrogen and oxygen atoms in total. The van der Waals surface area contributed by atoms with Gasteiger partial charge in [-0.1, -0.05) is 36.4 Å². The van der Waals surface area contributed by atoms with Gasteiger partial charge in [0.1, 0.15) is 5.82 Å². The number of para-hydroxylation sites is 2. The summed E-state index contributed by atoms with van der Waals surface area (Å²) in [4.78, 5) is 14.2. The molecule has 5 rings (SSSR count). The number of rotatable bonds is 2. The fourth-order valence-electron chi connectivity index (χ4n) is 4.13. The molecule has 2 aromatic carbocycles. The van der Waals surface area contributed by atoms with E-state index >= 15 is 0 Å².